The number of para-hydroxylation sites is 2. The number of imidazole rings is 1. The summed E-state index contributed by atoms with van der Waals surface area (Å²) in [6.07, 6.45) is 1.71. The van der Waals surface area contributed by atoms with Crippen molar-refractivity contribution in [1.82, 2.24) is 14.5 Å². The molecular weight excluding hydrogens is 262 g/mol. The summed E-state index contributed by atoms with van der Waals surface area (Å²) in [5.41, 5.74) is 2.23. The van der Waals surface area contributed by atoms with Crippen molar-refractivity contribution in [3.63, 3.8) is 0 Å². The molecule has 1 saturated heterocycles. The van der Waals surface area contributed by atoms with Crippen LogP contribution in [-0.4, -0.2) is 34.0 Å². The normalized spacial score (nSPS) is 19.1. The van der Waals surface area contributed by atoms with Crippen molar-refractivity contribution in [2.45, 2.75) is 39.2 Å². The number of fused-ring (bicyclic) bond motifs is 1. The van der Waals surface area contributed by atoms with Crippen LogP contribution in [0.3, 0.4) is 0 Å². The molecule has 1 fully saturated rings. The molecule has 1 aromatic carbocycles. The zero-order chi connectivity index (χ0) is 15.0. The summed E-state index contributed by atoms with van der Waals surface area (Å²) in [6.45, 7) is 6.24. The van der Waals surface area contributed by atoms with Gasteiger partial charge in [-0.25, -0.2) is 4.98 Å². The summed E-state index contributed by atoms with van der Waals surface area (Å²) in [5.74, 6) is 2.19. The smallest absolute Gasteiger partial charge is 0.223 e. The van der Waals surface area contributed by atoms with Gasteiger partial charge in [0.05, 0.1) is 11.0 Å². The van der Waals surface area contributed by atoms with E-state index in [1.807, 2.05) is 18.0 Å². The second kappa shape index (κ2) is 5.51. The van der Waals surface area contributed by atoms with Gasteiger partial charge in [0.2, 0.25) is 5.91 Å². The Morgan fingerprint density at radius 3 is 2.76 bits per heavy atom. The van der Waals surface area contributed by atoms with Crippen molar-refractivity contribution in [2.24, 2.45) is 5.92 Å². The van der Waals surface area contributed by atoms with E-state index < -0.39 is 0 Å². The molecule has 4 nitrogen and oxygen atoms in total. The van der Waals surface area contributed by atoms with E-state index in [0.29, 0.717) is 12.3 Å². The maximum Gasteiger partial charge on any atom is 0.223 e. The number of likely N-dealkylation sites (tertiary alicyclic amines) is 1. The van der Waals surface area contributed by atoms with Crippen LogP contribution in [0.4, 0.5) is 0 Å². The highest BCUT2D eigenvalue weighted by Crippen LogP contribution is 2.30. The van der Waals surface area contributed by atoms with Gasteiger partial charge in [0.25, 0.3) is 0 Å². The predicted molar refractivity (Wildman–Crippen MR) is 84.2 cm³/mol. The molecule has 2 aromatic rings. The Labute approximate surface area is 125 Å². The number of aryl methyl sites for hydroxylation is 1. The van der Waals surface area contributed by atoms with Crippen LogP contribution in [0.2, 0.25) is 0 Å². The highest BCUT2D eigenvalue weighted by atomic mass is 16.2. The summed E-state index contributed by atoms with van der Waals surface area (Å²) in [7, 11) is 1.88. The van der Waals surface area contributed by atoms with E-state index in [2.05, 4.69) is 36.6 Å². The van der Waals surface area contributed by atoms with Crippen LogP contribution in [0.1, 0.15) is 38.4 Å². The van der Waals surface area contributed by atoms with Crippen molar-refractivity contribution in [2.75, 3.05) is 13.6 Å². The second-order valence-electron chi connectivity index (χ2n) is 6.47. The fourth-order valence-electron chi connectivity index (χ4n) is 3.06. The zero-order valence-corrected chi connectivity index (χ0v) is 13.0. The van der Waals surface area contributed by atoms with Crippen LogP contribution in [0, 0.1) is 5.92 Å². The van der Waals surface area contributed by atoms with E-state index in [0.717, 1.165) is 30.9 Å². The summed E-state index contributed by atoms with van der Waals surface area (Å²) in [4.78, 5) is 18.5. The lowest BCUT2D eigenvalue weighted by molar-refractivity contribution is -0.126. The second-order valence-corrected chi connectivity index (χ2v) is 6.47. The van der Waals surface area contributed by atoms with Gasteiger partial charge in [-0.2, -0.15) is 0 Å². The summed E-state index contributed by atoms with van der Waals surface area (Å²) in [6, 6.07) is 8.28. The highest BCUT2D eigenvalue weighted by Gasteiger charge is 2.31. The topological polar surface area (TPSA) is 38.1 Å². The fraction of sp³-hybridized carbons (Fsp3) is 0.529. The first-order chi connectivity index (χ1) is 10.1. The molecule has 2 heterocycles. The van der Waals surface area contributed by atoms with Crippen molar-refractivity contribution < 1.29 is 4.79 Å². The Morgan fingerprint density at radius 1 is 1.33 bits per heavy atom. The lowest BCUT2D eigenvalue weighted by atomic mass is 10.1. The van der Waals surface area contributed by atoms with Gasteiger partial charge in [0.1, 0.15) is 5.82 Å². The molecule has 112 valence electrons. The number of aromatic nitrogens is 2. The van der Waals surface area contributed by atoms with E-state index in [1.165, 1.54) is 5.52 Å². The third kappa shape index (κ3) is 2.67. The van der Waals surface area contributed by atoms with Gasteiger partial charge in [-0.3, -0.25) is 4.79 Å². The molecule has 1 aliphatic heterocycles. The fourth-order valence-corrected chi connectivity index (χ4v) is 3.06. The molecule has 4 heteroatoms. The highest BCUT2D eigenvalue weighted by molar-refractivity contribution is 5.80. The van der Waals surface area contributed by atoms with Crippen LogP contribution in [0.5, 0.6) is 0 Å². The standard InChI is InChI=1S/C17H23N3O/c1-12(2)8-9-20-15-7-5-4-6-14(15)18-17(20)13-10-16(21)19(3)11-13/h4-7,12-13H,8-11H2,1-3H3. The minimum atomic E-state index is 0.224. The lowest BCUT2D eigenvalue weighted by Crippen LogP contribution is -2.19. The molecular formula is C17H23N3O. The number of amides is 1. The molecule has 1 aliphatic rings. The number of carbonyl (C=O) groups excluding carboxylic acids is 1. The first-order valence-electron chi connectivity index (χ1n) is 7.75. The van der Waals surface area contributed by atoms with Gasteiger partial charge >= 0.3 is 0 Å². The molecule has 0 saturated carbocycles. The van der Waals surface area contributed by atoms with E-state index in [1.54, 1.807) is 0 Å². The van der Waals surface area contributed by atoms with Crippen LogP contribution in [0.15, 0.2) is 24.3 Å². The summed E-state index contributed by atoms with van der Waals surface area (Å²) < 4.78 is 2.33. The minimum absolute atomic E-state index is 0.224. The Bertz CT molecular complexity index is 659. The van der Waals surface area contributed by atoms with Crippen LogP contribution >= 0.6 is 0 Å². The third-order valence-corrected chi connectivity index (χ3v) is 4.32. The van der Waals surface area contributed by atoms with Gasteiger partial charge in [-0.1, -0.05) is 26.0 Å². The molecule has 1 unspecified atom stereocenters. The summed E-state index contributed by atoms with van der Waals surface area (Å²) >= 11 is 0. The Morgan fingerprint density at radius 2 is 2.10 bits per heavy atom. The summed E-state index contributed by atoms with van der Waals surface area (Å²) in [5, 5.41) is 0. The number of hydrogen-bond donors (Lipinski definition) is 0. The first-order valence-corrected chi connectivity index (χ1v) is 7.75. The molecule has 21 heavy (non-hydrogen) atoms. The van der Waals surface area contributed by atoms with Crippen molar-refractivity contribution in [3.8, 4) is 0 Å². The van der Waals surface area contributed by atoms with Crippen molar-refractivity contribution in [1.29, 1.82) is 0 Å². The first kappa shape index (κ1) is 14.1. The monoisotopic (exact) mass is 285 g/mol. The maximum absolute atomic E-state index is 11.8. The number of rotatable bonds is 4. The molecule has 1 aromatic heterocycles. The average Bonchev–Trinajstić information content (AvgIpc) is 2.97. The van der Waals surface area contributed by atoms with Gasteiger partial charge in [0.15, 0.2) is 0 Å². The van der Waals surface area contributed by atoms with Gasteiger partial charge < -0.3 is 9.47 Å². The molecule has 0 aliphatic carbocycles. The largest absolute Gasteiger partial charge is 0.345 e. The molecule has 1 atom stereocenters. The van der Waals surface area contributed by atoms with Gasteiger partial charge in [-0.05, 0) is 24.5 Å². The maximum atomic E-state index is 11.8. The average molecular weight is 285 g/mol. The molecule has 1 amide bonds. The lowest BCUT2D eigenvalue weighted by Gasteiger charge is -2.14. The number of hydrogen-bond acceptors (Lipinski definition) is 2. The van der Waals surface area contributed by atoms with E-state index in [9.17, 15) is 4.79 Å². The molecule has 0 radical (unpaired) electrons. The molecule has 0 bridgehead atoms. The molecule has 0 N–H and O–H groups in total. The van der Waals surface area contributed by atoms with Crippen LogP contribution in [0.25, 0.3) is 11.0 Å². The number of benzene rings is 1. The Hall–Kier alpha value is -1.84. The minimum Gasteiger partial charge on any atom is -0.345 e. The number of nitrogens with zero attached hydrogens (tertiary/aromatic N) is 3. The SMILES string of the molecule is CC(C)CCn1c(C2CC(=O)N(C)C2)nc2ccccc21. The van der Waals surface area contributed by atoms with Gasteiger partial charge in [0, 0.05) is 32.5 Å². The van der Waals surface area contributed by atoms with Gasteiger partial charge in [-0.15, -0.1) is 0 Å². The van der Waals surface area contributed by atoms with E-state index in [4.69, 9.17) is 4.98 Å². The van der Waals surface area contributed by atoms with Crippen LogP contribution in [-0.2, 0) is 11.3 Å². The predicted octanol–water partition coefficient (Wildman–Crippen LogP) is 3.03. The zero-order valence-electron chi connectivity index (χ0n) is 13.0. The Balaban J connectivity index is 2.00. The number of carbonyl (C=O) groups is 1. The van der Waals surface area contributed by atoms with E-state index in [-0.39, 0.29) is 11.8 Å². The van der Waals surface area contributed by atoms with Crippen molar-refractivity contribution >= 4 is 16.9 Å². The van der Waals surface area contributed by atoms with Crippen molar-refractivity contribution in [3.05, 3.63) is 30.1 Å². The van der Waals surface area contributed by atoms with Crippen LogP contribution < -0.4 is 0 Å². The molecule has 3 rings (SSSR count). The quantitative estimate of drug-likeness (QED) is 0.866. The number of likely N-dealkylation sites (N-methyl/N-ethyl adjacent to an activating group) is 1. The third-order valence-electron chi connectivity index (χ3n) is 4.32. The Kier molecular flexibility index (Phi) is 3.70. The van der Waals surface area contributed by atoms with E-state index >= 15 is 0 Å². The molecule has 0 spiro atoms.